The van der Waals surface area contributed by atoms with E-state index < -0.39 is 0 Å². The summed E-state index contributed by atoms with van der Waals surface area (Å²) in [4.78, 5) is 4.70. The van der Waals surface area contributed by atoms with Crippen LogP contribution < -0.4 is 9.80 Å². The van der Waals surface area contributed by atoms with Crippen LogP contribution in [0, 0.1) is 29.6 Å². The van der Waals surface area contributed by atoms with Crippen LogP contribution in [-0.4, -0.2) is 0 Å². The van der Waals surface area contributed by atoms with Crippen LogP contribution in [0.5, 0.6) is 0 Å². The summed E-state index contributed by atoms with van der Waals surface area (Å²) in [5.41, 5.74) is 11.6. The van der Waals surface area contributed by atoms with E-state index in [9.17, 15) is 10.5 Å². The molecule has 0 saturated carbocycles. The molecule has 9 rings (SSSR count). The quantitative estimate of drug-likeness (QED) is 0.166. The fourth-order valence-corrected chi connectivity index (χ4v) is 8.38. The Kier molecular flexibility index (Phi) is 7.25. The van der Waals surface area contributed by atoms with Crippen LogP contribution in [0.4, 0.5) is 34.1 Å². The molecule has 248 valence electrons. The van der Waals surface area contributed by atoms with Crippen LogP contribution >= 0.6 is 0 Å². The molecule has 0 bridgehead atoms. The zero-order valence-electron chi connectivity index (χ0n) is 29.5. The van der Waals surface area contributed by atoms with E-state index in [4.69, 9.17) is 0 Å². The van der Waals surface area contributed by atoms with Crippen LogP contribution in [-0.2, 0) is 11.8 Å². The Morgan fingerprint density at radius 1 is 0.519 bits per heavy atom. The Hall–Kier alpha value is -6.62. The number of rotatable bonds is 6. The lowest BCUT2D eigenvalue weighted by Crippen LogP contribution is -2.24. The summed E-state index contributed by atoms with van der Waals surface area (Å²) < 4.78 is 0. The largest absolute Gasteiger partial charge is 0.310 e. The first-order valence-corrected chi connectivity index (χ1v) is 17.9. The molecule has 4 heteroatoms. The second-order valence-electron chi connectivity index (χ2n) is 14.6. The molecule has 0 unspecified atom stereocenters. The minimum absolute atomic E-state index is 0.0261. The molecular formula is C48H36N4. The number of benzene rings is 8. The van der Waals surface area contributed by atoms with E-state index in [0.717, 1.165) is 47.0 Å². The van der Waals surface area contributed by atoms with Crippen LogP contribution in [0.3, 0.4) is 0 Å². The van der Waals surface area contributed by atoms with Gasteiger partial charge in [0, 0.05) is 38.9 Å². The van der Waals surface area contributed by atoms with Gasteiger partial charge in [0.05, 0.1) is 34.6 Å². The summed E-state index contributed by atoms with van der Waals surface area (Å²) in [7, 11) is 0. The number of anilines is 6. The average Bonchev–Trinajstić information content (AvgIpc) is 3.18. The van der Waals surface area contributed by atoms with Crippen LogP contribution in [0.1, 0.15) is 48.1 Å². The fraction of sp³-hybridized carbons (Fsp3) is 0.125. The maximum atomic E-state index is 9.62. The van der Waals surface area contributed by atoms with Gasteiger partial charge in [-0.15, -0.1) is 0 Å². The number of nitrogens with zero attached hydrogens (tertiary/aromatic N) is 4. The van der Waals surface area contributed by atoms with Gasteiger partial charge in [0.25, 0.3) is 0 Å². The van der Waals surface area contributed by atoms with Gasteiger partial charge in [-0.1, -0.05) is 62.4 Å². The lowest BCUT2D eigenvalue weighted by atomic mass is 9.70. The molecule has 0 aliphatic heterocycles. The molecule has 0 amide bonds. The highest BCUT2D eigenvalue weighted by atomic mass is 15.1. The van der Waals surface area contributed by atoms with E-state index >= 15 is 0 Å². The normalized spacial score (nSPS) is 13.2. The molecule has 8 aromatic rings. The molecule has 0 atom stereocenters. The summed E-state index contributed by atoms with van der Waals surface area (Å²) in [5.74, 6) is 0. The zero-order chi connectivity index (χ0) is 35.6. The van der Waals surface area contributed by atoms with Crippen molar-refractivity contribution >= 4 is 66.4 Å². The molecule has 4 nitrogen and oxygen atoms in total. The molecule has 52 heavy (non-hydrogen) atoms. The molecule has 0 saturated heterocycles. The first kappa shape index (κ1) is 31.4. The first-order chi connectivity index (χ1) is 25.4. The van der Waals surface area contributed by atoms with Gasteiger partial charge in [-0.2, -0.15) is 10.5 Å². The second kappa shape index (κ2) is 12.0. The van der Waals surface area contributed by atoms with Gasteiger partial charge in [-0.05, 0) is 149 Å². The van der Waals surface area contributed by atoms with Crippen molar-refractivity contribution in [1.29, 1.82) is 10.5 Å². The number of nitriles is 2. The highest BCUT2D eigenvalue weighted by Gasteiger charge is 2.33. The number of hydrogen-bond donors (Lipinski definition) is 0. The molecular weight excluding hydrogens is 633 g/mol. The molecule has 1 aliphatic rings. The molecule has 0 N–H and O–H groups in total. The van der Waals surface area contributed by atoms with Crippen molar-refractivity contribution in [3.05, 3.63) is 167 Å². The Bertz CT molecular complexity index is 2720. The van der Waals surface area contributed by atoms with E-state index in [0.29, 0.717) is 11.1 Å². The molecule has 0 fully saturated rings. The maximum Gasteiger partial charge on any atom is 0.0991 e. The Morgan fingerprint density at radius 3 is 1.56 bits per heavy atom. The van der Waals surface area contributed by atoms with Gasteiger partial charge in [-0.25, -0.2) is 0 Å². The highest BCUT2D eigenvalue weighted by Crippen LogP contribution is 2.53. The predicted molar refractivity (Wildman–Crippen MR) is 215 cm³/mol. The van der Waals surface area contributed by atoms with Crippen molar-refractivity contribution < 1.29 is 0 Å². The van der Waals surface area contributed by atoms with Gasteiger partial charge >= 0.3 is 0 Å². The topological polar surface area (TPSA) is 54.1 Å². The maximum absolute atomic E-state index is 9.62. The fourth-order valence-electron chi connectivity index (χ4n) is 8.38. The number of aryl methyl sites for hydroxylation is 2. The van der Waals surface area contributed by atoms with Crippen molar-refractivity contribution in [3.63, 3.8) is 0 Å². The second-order valence-corrected chi connectivity index (χ2v) is 14.6. The third kappa shape index (κ3) is 4.88. The third-order valence-electron chi connectivity index (χ3n) is 11.0. The van der Waals surface area contributed by atoms with Gasteiger partial charge < -0.3 is 9.80 Å². The van der Waals surface area contributed by atoms with Gasteiger partial charge in [-0.3, -0.25) is 0 Å². The molecule has 0 spiro atoms. The summed E-state index contributed by atoms with van der Waals surface area (Å²) >= 11 is 0. The first-order valence-electron chi connectivity index (χ1n) is 17.9. The summed E-state index contributed by atoms with van der Waals surface area (Å²) in [5, 5.41) is 26.9. The monoisotopic (exact) mass is 668 g/mol. The SMILES string of the molecule is Cc1cc(N(c2ccccc2)c2ccc(C#N)cc2)c2cc3c4c(cc(N(c5ccccc5)c5ccc(C#N)cc5)c5ccc1c2c54)CCC3(C)C. The minimum Gasteiger partial charge on any atom is -0.310 e. The lowest BCUT2D eigenvalue weighted by molar-refractivity contribution is 0.475. The average molecular weight is 669 g/mol. The van der Waals surface area contributed by atoms with E-state index in [1.54, 1.807) is 0 Å². The predicted octanol–water partition coefficient (Wildman–Crippen LogP) is 12.8. The summed E-state index contributed by atoms with van der Waals surface area (Å²) in [6, 6.07) is 53.4. The van der Waals surface area contributed by atoms with Crippen molar-refractivity contribution in [2.45, 2.75) is 39.0 Å². The van der Waals surface area contributed by atoms with Crippen LogP contribution in [0.2, 0.25) is 0 Å². The summed E-state index contributed by atoms with van der Waals surface area (Å²) in [6.07, 6.45) is 2.04. The Morgan fingerprint density at radius 2 is 1.02 bits per heavy atom. The van der Waals surface area contributed by atoms with Crippen molar-refractivity contribution in [2.75, 3.05) is 9.80 Å². The standard InChI is InChI=1S/C48H36N4/c1-31-26-43(51(35-10-6-4-7-11-35)37-18-14-32(29-49)15-19-37)41-28-42-45-34(24-25-48(42,2)3)27-44(40-23-22-39(31)46(41)47(40)45)52(36-12-8-5-9-13-36)38-20-16-33(30-50)17-21-38/h4-23,26-28H,24-25H2,1-3H3. The molecule has 0 radical (unpaired) electrons. The molecule has 1 aliphatic carbocycles. The van der Waals surface area contributed by atoms with Crippen molar-refractivity contribution in [1.82, 2.24) is 0 Å². The van der Waals surface area contributed by atoms with Crippen molar-refractivity contribution in [2.24, 2.45) is 0 Å². The van der Waals surface area contributed by atoms with Crippen LogP contribution in [0.15, 0.2) is 140 Å². The lowest BCUT2D eigenvalue weighted by Gasteiger charge is -2.37. The van der Waals surface area contributed by atoms with Gasteiger partial charge in [0.15, 0.2) is 0 Å². The minimum atomic E-state index is -0.0261. The molecule has 8 aromatic carbocycles. The van der Waals surface area contributed by atoms with E-state index in [1.807, 2.05) is 24.3 Å². The van der Waals surface area contributed by atoms with Crippen LogP contribution in [0.25, 0.3) is 32.3 Å². The Labute approximate surface area is 304 Å². The van der Waals surface area contributed by atoms with E-state index in [-0.39, 0.29) is 5.41 Å². The van der Waals surface area contributed by atoms with E-state index in [2.05, 4.69) is 158 Å². The molecule has 0 heterocycles. The van der Waals surface area contributed by atoms with Crippen molar-refractivity contribution in [3.8, 4) is 12.1 Å². The highest BCUT2D eigenvalue weighted by molar-refractivity contribution is 6.30. The smallest absolute Gasteiger partial charge is 0.0991 e. The number of para-hydroxylation sites is 2. The zero-order valence-corrected chi connectivity index (χ0v) is 29.5. The molecule has 0 aromatic heterocycles. The van der Waals surface area contributed by atoms with E-state index in [1.165, 1.54) is 49.0 Å². The Balaban J connectivity index is 1.42. The third-order valence-corrected chi connectivity index (χ3v) is 11.0. The summed E-state index contributed by atoms with van der Waals surface area (Å²) in [6.45, 7) is 7.01. The van der Waals surface area contributed by atoms with Gasteiger partial charge in [0.2, 0.25) is 0 Å². The van der Waals surface area contributed by atoms with Gasteiger partial charge in [0.1, 0.15) is 0 Å². The number of hydrogen-bond acceptors (Lipinski definition) is 4.